The Morgan fingerprint density at radius 2 is 1.63 bits per heavy atom. The highest BCUT2D eigenvalue weighted by Crippen LogP contribution is 2.22. The maximum atomic E-state index is 12.7. The van der Waals surface area contributed by atoms with Gasteiger partial charge in [0.05, 0.1) is 10.6 Å². The third-order valence-corrected chi connectivity index (χ3v) is 6.37. The van der Waals surface area contributed by atoms with Crippen LogP contribution in [0, 0.1) is 0 Å². The van der Waals surface area contributed by atoms with E-state index in [4.69, 9.17) is 0 Å². The van der Waals surface area contributed by atoms with E-state index < -0.39 is 10.0 Å². The minimum absolute atomic E-state index is 0. The number of halogens is 1. The summed E-state index contributed by atoms with van der Waals surface area (Å²) in [5.74, 6) is -0.169. The molecule has 0 atom stereocenters. The molecule has 0 saturated carbocycles. The number of benzene rings is 2. The Labute approximate surface area is 166 Å². The lowest BCUT2D eigenvalue weighted by atomic mass is 10.1. The highest BCUT2D eigenvalue weighted by molar-refractivity contribution is 7.92. The Kier molecular flexibility index (Phi) is 7.24. The Bertz CT molecular complexity index is 852. The number of para-hydroxylation sites is 1. The Morgan fingerprint density at radius 1 is 1.04 bits per heavy atom. The monoisotopic (exact) mass is 409 g/mol. The summed E-state index contributed by atoms with van der Waals surface area (Å²) in [6.45, 7) is 1.79. The number of nitrogens with one attached hydrogen (secondary N) is 2. The van der Waals surface area contributed by atoms with Gasteiger partial charge in [0.1, 0.15) is 0 Å². The van der Waals surface area contributed by atoms with Crippen molar-refractivity contribution in [3.8, 4) is 0 Å². The van der Waals surface area contributed by atoms with Crippen LogP contribution in [0.1, 0.15) is 23.2 Å². The standard InChI is InChI=1S/C19H23N3O3S.ClH/c1-22(17-5-3-2-4-6-17)26(24,25)18-9-7-15(8-10-18)19(23)21-16-11-13-20-14-12-16;/h2-10,16,20H,11-14H2,1H3,(H,21,23);1H. The van der Waals surface area contributed by atoms with E-state index in [-0.39, 0.29) is 29.3 Å². The molecule has 0 bridgehead atoms. The first-order valence-electron chi connectivity index (χ1n) is 8.64. The van der Waals surface area contributed by atoms with Crippen LogP contribution in [0.15, 0.2) is 59.5 Å². The first-order valence-corrected chi connectivity index (χ1v) is 10.1. The molecule has 2 aromatic rings. The molecule has 6 nitrogen and oxygen atoms in total. The SMILES string of the molecule is CN(c1ccccc1)S(=O)(=O)c1ccc(C(=O)NC2CCNCC2)cc1.Cl. The van der Waals surface area contributed by atoms with E-state index in [2.05, 4.69) is 10.6 Å². The number of hydrogen-bond acceptors (Lipinski definition) is 4. The Balaban J connectivity index is 0.00000261. The van der Waals surface area contributed by atoms with Crippen molar-refractivity contribution < 1.29 is 13.2 Å². The van der Waals surface area contributed by atoms with Crippen LogP contribution in [0.3, 0.4) is 0 Å². The van der Waals surface area contributed by atoms with Gasteiger partial charge in [-0.05, 0) is 62.3 Å². The van der Waals surface area contributed by atoms with Gasteiger partial charge in [0, 0.05) is 18.7 Å². The number of carbonyl (C=O) groups is 1. The molecule has 27 heavy (non-hydrogen) atoms. The third kappa shape index (κ3) is 5.00. The molecule has 1 aliphatic rings. The first-order chi connectivity index (χ1) is 12.5. The lowest BCUT2D eigenvalue weighted by Crippen LogP contribution is -2.42. The topological polar surface area (TPSA) is 78.5 Å². The molecule has 2 aromatic carbocycles. The Morgan fingerprint density at radius 3 is 2.22 bits per heavy atom. The van der Waals surface area contributed by atoms with Crippen molar-refractivity contribution >= 4 is 34.0 Å². The number of hydrogen-bond donors (Lipinski definition) is 2. The van der Waals surface area contributed by atoms with E-state index in [1.807, 2.05) is 6.07 Å². The fourth-order valence-electron chi connectivity index (χ4n) is 2.95. The van der Waals surface area contributed by atoms with Crippen LogP contribution < -0.4 is 14.9 Å². The van der Waals surface area contributed by atoms with E-state index in [0.717, 1.165) is 25.9 Å². The summed E-state index contributed by atoms with van der Waals surface area (Å²) in [6, 6.07) is 15.1. The van der Waals surface area contributed by atoms with Crippen molar-refractivity contribution in [1.29, 1.82) is 0 Å². The zero-order valence-electron chi connectivity index (χ0n) is 15.1. The second-order valence-corrected chi connectivity index (χ2v) is 8.30. The molecular formula is C19H24ClN3O3S. The maximum Gasteiger partial charge on any atom is 0.264 e. The highest BCUT2D eigenvalue weighted by atomic mass is 35.5. The molecule has 0 unspecified atom stereocenters. The minimum atomic E-state index is -3.67. The lowest BCUT2D eigenvalue weighted by molar-refractivity contribution is 0.0929. The number of sulfonamides is 1. The molecule has 8 heteroatoms. The predicted molar refractivity (Wildman–Crippen MR) is 109 cm³/mol. The molecule has 1 saturated heterocycles. The van der Waals surface area contributed by atoms with Crippen LogP contribution >= 0.6 is 12.4 Å². The molecule has 1 fully saturated rings. The van der Waals surface area contributed by atoms with Gasteiger partial charge in [0.15, 0.2) is 0 Å². The summed E-state index contributed by atoms with van der Waals surface area (Å²) >= 11 is 0. The van der Waals surface area contributed by atoms with Gasteiger partial charge < -0.3 is 10.6 Å². The summed E-state index contributed by atoms with van der Waals surface area (Å²) in [5.41, 5.74) is 1.05. The molecule has 0 aromatic heterocycles. The van der Waals surface area contributed by atoms with Gasteiger partial charge in [-0.15, -0.1) is 12.4 Å². The van der Waals surface area contributed by atoms with E-state index in [0.29, 0.717) is 11.3 Å². The maximum absolute atomic E-state index is 12.7. The minimum Gasteiger partial charge on any atom is -0.349 e. The molecule has 2 N–H and O–H groups in total. The summed E-state index contributed by atoms with van der Waals surface area (Å²) in [6.07, 6.45) is 1.81. The average molecular weight is 410 g/mol. The zero-order chi connectivity index (χ0) is 18.6. The van der Waals surface area contributed by atoms with Gasteiger partial charge in [-0.25, -0.2) is 8.42 Å². The van der Waals surface area contributed by atoms with Crippen LogP contribution in [-0.2, 0) is 10.0 Å². The molecule has 0 spiro atoms. The highest BCUT2D eigenvalue weighted by Gasteiger charge is 2.22. The molecule has 1 amide bonds. The van der Waals surface area contributed by atoms with Crippen molar-refractivity contribution in [2.75, 3.05) is 24.4 Å². The van der Waals surface area contributed by atoms with Gasteiger partial charge >= 0.3 is 0 Å². The third-order valence-electron chi connectivity index (χ3n) is 4.57. The van der Waals surface area contributed by atoms with Crippen molar-refractivity contribution in [1.82, 2.24) is 10.6 Å². The Hall–Kier alpha value is -2.09. The molecule has 3 rings (SSSR count). The van der Waals surface area contributed by atoms with Gasteiger partial charge in [-0.2, -0.15) is 0 Å². The van der Waals surface area contributed by atoms with Crippen molar-refractivity contribution in [3.63, 3.8) is 0 Å². The molecule has 1 aliphatic heterocycles. The summed E-state index contributed by atoms with van der Waals surface area (Å²) < 4.78 is 26.7. The first kappa shape index (κ1) is 21.2. The molecule has 0 radical (unpaired) electrons. The molecule has 1 heterocycles. The van der Waals surface area contributed by atoms with Gasteiger partial charge in [0.25, 0.3) is 15.9 Å². The normalized spacial score (nSPS) is 14.9. The largest absolute Gasteiger partial charge is 0.349 e. The summed E-state index contributed by atoms with van der Waals surface area (Å²) in [4.78, 5) is 12.5. The second kappa shape index (κ2) is 9.21. The van der Waals surface area contributed by atoms with Gasteiger partial charge in [-0.1, -0.05) is 18.2 Å². The number of carbonyl (C=O) groups excluding carboxylic acids is 1. The predicted octanol–water partition coefficient (Wildman–Crippen LogP) is 2.42. The van der Waals surface area contributed by atoms with E-state index >= 15 is 0 Å². The number of anilines is 1. The van der Waals surface area contributed by atoms with Crippen LogP contribution in [0.4, 0.5) is 5.69 Å². The van der Waals surface area contributed by atoms with Crippen molar-refractivity contribution in [3.05, 3.63) is 60.2 Å². The number of rotatable bonds is 5. The van der Waals surface area contributed by atoms with Crippen molar-refractivity contribution in [2.24, 2.45) is 0 Å². The van der Waals surface area contributed by atoms with Crippen LogP contribution in [0.5, 0.6) is 0 Å². The van der Waals surface area contributed by atoms with E-state index in [9.17, 15) is 13.2 Å². The van der Waals surface area contributed by atoms with Crippen LogP contribution in [-0.4, -0.2) is 40.5 Å². The lowest BCUT2D eigenvalue weighted by Gasteiger charge is -2.23. The number of nitrogens with zero attached hydrogens (tertiary/aromatic N) is 1. The van der Waals surface area contributed by atoms with E-state index in [1.165, 1.54) is 23.5 Å². The number of piperidine rings is 1. The molecule has 0 aliphatic carbocycles. The van der Waals surface area contributed by atoms with Crippen molar-refractivity contribution in [2.45, 2.75) is 23.8 Å². The van der Waals surface area contributed by atoms with Gasteiger partial charge in [-0.3, -0.25) is 9.10 Å². The average Bonchev–Trinajstić information content (AvgIpc) is 2.69. The number of amides is 1. The van der Waals surface area contributed by atoms with E-state index in [1.54, 1.807) is 36.4 Å². The quantitative estimate of drug-likeness (QED) is 0.794. The molecule has 146 valence electrons. The molecular weight excluding hydrogens is 386 g/mol. The van der Waals surface area contributed by atoms with Crippen LogP contribution in [0.2, 0.25) is 0 Å². The van der Waals surface area contributed by atoms with Gasteiger partial charge in [0.2, 0.25) is 0 Å². The summed E-state index contributed by atoms with van der Waals surface area (Å²) in [5, 5.41) is 6.26. The zero-order valence-corrected chi connectivity index (χ0v) is 16.7. The smallest absolute Gasteiger partial charge is 0.264 e. The fourth-order valence-corrected chi connectivity index (χ4v) is 4.14. The summed E-state index contributed by atoms with van der Waals surface area (Å²) in [7, 11) is -2.15. The fraction of sp³-hybridized carbons (Fsp3) is 0.316. The second-order valence-electron chi connectivity index (χ2n) is 6.33. The van der Waals surface area contributed by atoms with Crippen LogP contribution in [0.25, 0.3) is 0 Å².